The number of aryl methyl sites for hydroxylation is 1. The quantitative estimate of drug-likeness (QED) is 0.593. The molecule has 0 spiro atoms. The highest BCUT2D eigenvalue weighted by Gasteiger charge is 2.26. The molecule has 0 aliphatic heterocycles. The van der Waals surface area contributed by atoms with E-state index >= 15 is 0 Å². The van der Waals surface area contributed by atoms with E-state index in [4.69, 9.17) is 10.5 Å². The lowest BCUT2D eigenvalue weighted by Crippen LogP contribution is -2.40. The fourth-order valence-electron chi connectivity index (χ4n) is 3.78. The normalized spacial score (nSPS) is 18.9. The van der Waals surface area contributed by atoms with Crippen LogP contribution in [0, 0.1) is 6.92 Å². The molecular formula is C21H22BrN5O3. The first kappa shape index (κ1) is 20.3. The second-order valence-corrected chi connectivity index (χ2v) is 8.31. The number of primary amides is 1. The lowest BCUT2D eigenvalue weighted by atomic mass is 9.93. The summed E-state index contributed by atoms with van der Waals surface area (Å²) in [6, 6.07) is 7.08. The molecule has 4 rings (SSSR count). The Hall–Kier alpha value is -2.94. The first-order valence-electron chi connectivity index (χ1n) is 9.79. The van der Waals surface area contributed by atoms with Gasteiger partial charge in [0, 0.05) is 22.9 Å². The molecule has 30 heavy (non-hydrogen) atoms. The number of nitrogens with one attached hydrogen (secondary N) is 1. The Morgan fingerprint density at radius 2 is 2.00 bits per heavy atom. The van der Waals surface area contributed by atoms with Crippen LogP contribution in [0.5, 0.6) is 5.88 Å². The molecule has 3 heterocycles. The van der Waals surface area contributed by atoms with Crippen molar-refractivity contribution in [2.75, 3.05) is 0 Å². The Kier molecular flexibility index (Phi) is 5.72. The number of hydrogen-bond acceptors (Lipinski definition) is 5. The Morgan fingerprint density at radius 1 is 1.23 bits per heavy atom. The van der Waals surface area contributed by atoms with Crippen molar-refractivity contribution in [3.05, 3.63) is 58.2 Å². The van der Waals surface area contributed by atoms with E-state index in [2.05, 4.69) is 31.2 Å². The highest BCUT2D eigenvalue weighted by atomic mass is 79.9. The van der Waals surface area contributed by atoms with Crippen LogP contribution in [0.3, 0.4) is 0 Å². The van der Waals surface area contributed by atoms with Gasteiger partial charge in [-0.25, -0.2) is 9.97 Å². The Balaban J connectivity index is 1.38. The zero-order chi connectivity index (χ0) is 21.3. The molecule has 3 N–H and O–H groups in total. The topological polar surface area (TPSA) is 112 Å². The van der Waals surface area contributed by atoms with Crippen molar-refractivity contribution in [1.82, 2.24) is 19.7 Å². The lowest BCUT2D eigenvalue weighted by Gasteiger charge is -2.29. The Bertz CT molecular complexity index is 1110. The molecule has 0 atom stereocenters. The van der Waals surface area contributed by atoms with Crippen molar-refractivity contribution < 1.29 is 14.3 Å². The zero-order valence-corrected chi connectivity index (χ0v) is 18.1. The van der Waals surface area contributed by atoms with Crippen LogP contribution in [0.1, 0.15) is 52.4 Å². The molecule has 0 radical (unpaired) electrons. The molecular weight excluding hydrogens is 450 g/mol. The maximum atomic E-state index is 12.8. The van der Waals surface area contributed by atoms with Crippen LogP contribution in [-0.4, -0.2) is 38.3 Å². The highest BCUT2D eigenvalue weighted by molar-refractivity contribution is 9.10. The van der Waals surface area contributed by atoms with Gasteiger partial charge in [0.15, 0.2) is 5.69 Å². The Labute approximate surface area is 182 Å². The van der Waals surface area contributed by atoms with E-state index in [0.29, 0.717) is 5.69 Å². The molecule has 156 valence electrons. The third-order valence-corrected chi connectivity index (χ3v) is 5.79. The molecule has 0 unspecified atom stereocenters. The predicted molar refractivity (Wildman–Crippen MR) is 115 cm³/mol. The highest BCUT2D eigenvalue weighted by Crippen LogP contribution is 2.25. The number of nitrogens with zero attached hydrogens (tertiary/aromatic N) is 3. The molecule has 1 aliphatic rings. The summed E-state index contributed by atoms with van der Waals surface area (Å²) in [5.74, 6) is 0.291. The number of imidazole rings is 1. The molecule has 0 bridgehead atoms. The smallest absolute Gasteiger partial charge is 0.272 e. The molecule has 9 heteroatoms. The minimum absolute atomic E-state index is 0.0456. The van der Waals surface area contributed by atoms with E-state index in [1.807, 2.05) is 29.7 Å². The average Bonchev–Trinajstić information content (AvgIpc) is 3.06. The van der Waals surface area contributed by atoms with Crippen LogP contribution in [-0.2, 0) is 0 Å². The van der Waals surface area contributed by atoms with Crippen LogP contribution in [0.4, 0.5) is 0 Å². The fraction of sp³-hybridized carbons (Fsp3) is 0.333. The van der Waals surface area contributed by atoms with E-state index in [1.165, 1.54) is 0 Å². The molecule has 1 fully saturated rings. The van der Waals surface area contributed by atoms with E-state index in [1.54, 1.807) is 18.3 Å². The maximum absolute atomic E-state index is 12.8. The maximum Gasteiger partial charge on any atom is 0.272 e. The van der Waals surface area contributed by atoms with Crippen molar-refractivity contribution >= 4 is 33.3 Å². The number of carbonyl (C=O) groups is 2. The molecule has 3 aromatic rings. The van der Waals surface area contributed by atoms with Gasteiger partial charge in [0.2, 0.25) is 5.88 Å². The van der Waals surface area contributed by atoms with Crippen LogP contribution < -0.4 is 15.8 Å². The summed E-state index contributed by atoms with van der Waals surface area (Å²) in [6.45, 7) is 1.87. The zero-order valence-electron chi connectivity index (χ0n) is 16.5. The van der Waals surface area contributed by atoms with Gasteiger partial charge < -0.3 is 20.2 Å². The van der Waals surface area contributed by atoms with Crippen molar-refractivity contribution in [3.8, 4) is 5.88 Å². The second kappa shape index (κ2) is 8.43. The standard InChI is InChI=1S/C21H22BrN5O3/c1-12-25-18(17-9-4-13(22)11-27(12)17)20(29)26-14-5-7-15(8-6-14)30-21-16(19(23)28)3-2-10-24-21/h2-4,9-11,14-15H,5-8H2,1H3,(H2,23,28)(H,26,29). The Morgan fingerprint density at radius 3 is 2.73 bits per heavy atom. The largest absolute Gasteiger partial charge is 0.474 e. The first-order chi connectivity index (χ1) is 14.4. The van der Waals surface area contributed by atoms with Crippen LogP contribution in [0.2, 0.25) is 0 Å². The van der Waals surface area contributed by atoms with Gasteiger partial charge in [0.25, 0.3) is 11.8 Å². The van der Waals surface area contributed by atoms with E-state index < -0.39 is 5.91 Å². The van der Waals surface area contributed by atoms with E-state index in [0.717, 1.165) is 41.5 Å². The lowest BCUT2D eigenvalue weighted by molar-refractivity contribution is 0.0878. The van der Waals surface area contributed by atoms with Crippen molar-refractivity contribution in [2.24, 2.45) is 5.73 Å². The number of carbonyl (C=O) groups excluding carboxylic acids is 2. The monoisotopic (exact) mass is 471 g/mol. The summed E-state index contributed by atoms with van der Waals surface area (Å²) in [5.41, 5.74) is 6.87. The summed E-state index contributed by atoms with van der Waals surface area (Å²) in [5, 5.41) is 3.10. The van der Waals surface area contributed by atoms with E-state index in [9.17, 15) is 9.59 Å². The summed E-state index contributed by atoms with van der Waals surface area (Å²) < 4.78 is 8.73. The molecule has 1 saturated carbocycles. The second-order valence-electron chi connectivity index (χ2n) is 7.40. The first-order valence-corrected chi connectivity index (χ1v) is 10.6. The van der Waals surface area contributed by atoms with Gasteiger partial charge >= 0.3 is 0 Å². The number of aromatic nitrogens is 3. The number of amides is 2. The van der Waals surface area contributed by atoms with Gasteiger partial charge in [-0.15, -0.1) is 0 Å². The summed E-state index contributed by atoms with van der Waals surface area (Å²) >= 11 is 3.44. The van der Waals surface area contributed by atoms with Crippen molar-refractivity contribution in [2.45, 2.75) is 44.8 Å². The third kappa shape index (κ3) is 4.16. The summed E-state index contributed by atoms with van der Waals surface area (Å²) in [4.78, 5) is 32.9. The molecule has 0 saturated heterocycles. The predicted octanol–water partition coefficient (Wildman–Crippen LogP) is 3.02. The number of fused-ring (bicyclic) bond motifs is 1. The minimum Gasteiger partial charge on any atom is -0.474 e. The average molecular weight is 472 g/mol. The number of nitrogens with two attached hydrogens (primary N) is 1. The van der Waals surface area contributed by atoms with Crippen LogP contribution >= 0.6 is 15.9 Å². The van der Waals surface area contributed by atoms with Crippen molar-refractivity contribution in [1.29, 1.82) is 0 Å². The van der Waals surface area contributed by atoms with Gasteiger partial charge in [0.1, 0.15) is 17.5 Å². The minimum atomic E-state index is -0.561. The third-order valence-electron chi connectivity index (χ3n) is 5.32. The van der Waals surface area contributed by atoms with Gasteiger partial charge in [-0.2, -0.15) is 0 Å². The van der Waals surface area contributed by atoms with Gasteiger partial charge in [-0.1, -0.05) is 0 Å². The van der Waals surface area contributed by atoms with Crippen molar-refractivity contribution in [3.63, 3.8) is 0 Å². The van der Waals surface area contributed by atoms with E-state index in [-0.39, 0.29) is 29.5 Å². The molecule has 3 aromatic heterocycles. The van der Waals surface area contributed by atoms with Crippen LogP contribution in [0.25, 0.3) is 5.52 Å². The number of pyridine rings is 2. The summed E-state index contributed by atoms with van der Waals surface area (Å²) in [7, 11) is 0. The molecule has 0 aromatic carbocycles. The molecule has 2 amide bonds. The fourth-order valence-corrected chi connectivity index (χ4v) is 4.12. The molecule has 1 aliphatic carbocycles. The number of ether oxygens (including phenoxy) is 1. The van der Waals surface area contributed by atoms with Gasteiger partial charge in [-0.05, 0) is 72.8 Å². The number of rotatable bonds is 5. The number of halogens is 1. The van der Waals surface area contributed by atoms with Crippen LogP contribution in [0.15, 0.2) is 41.1 Å². The number of hydrogen-bond donors (Lipinski definition) is 2. The molecule has 8 nitrogen and oxygen atoms in total. The summed E-state index contributed by atoms with van der Waals surface area (Å²) in [6.07, 6.45) is 6.43. The van der Waals surface area contributed by atoms with Gasteiger partial charge in [-0.3, -0.25) is 9.59 Å². The SMILES string of the molecule is Cc1nc(C(=O)NC2CCC(Oc3ncccc3C(N)=O)CC2)c2ccc(Br)cn12. The van der Waals surface area contributed by atoms with Gasteiger partial charge in [0.05, 0.1) is 5.52 Å².